The number of carbonyl (C=O) groups is 1. The van der Waals surface area contributed by atoms with Crippen LogP contribution in [0.15, 0.2) is 43.8 Å². The van der Waals surface area contributed by atoms with Gasteiger partial charge in [0.1, 0.15) is 0 Å². The molecule has 6 nitrogen and oxygen atoms in total. The number of rotatable bonds is 3. The molecule has 9 heteroatoms. The summed E-state index contributed by atoms with van der Waals surface area (Å²) in [6.45, 7) is 0. The molecule has 22 heavy (non-hydrogen) atoms. The average molecular weight is 370 g/mol. The molecule has 1 amide bonds. The Kier molecular flexibility index (Phi) is 3.72. The summed E-state index contributed by atoms with van der Waals surface area (Å²) in [7, 11) is 0. The molecule has 0 aliphatic carbocycles. The molecular weight excluding hydrogens is 364 g/mol. The van der Waals surface area contributed by atoms with Crippen LogP contribution < -0.4 is 5.32 Å². The van der Waals surface area contributed by atoms with Gasteiger partial charge in [-0.05, 0) is 46.3 Å². The minimum atomic E-state index is -1.13. The maximum atomic E-state index is 13.1. The van der Waals surface area contributed by atoms with Crippen LogP contribution in [0.1, 0.15) is 10.4 Å². The van der Waals surface area contributed by atoms with Crippen LogP contribution >= 0.6 is 15.9 Å². The molecular formula is C13H6BrF2N3O3. The fourth-order valence-electron chi connectivity index (χ4n) is 1.61. The van der Waals surface area contributed by atoms with Crippen LogP contribution in [0.2, 0.25) is 0 Å². The molecule has 0 aliphatic heterocycles. The third-order valence-corrected chi connectivity index (χ3v) is 3.04. The van der Waals surface area contributed by atoms with Crippen molar-refractivity contribution in [3.8, 4) is 11.7 Å². The molecule has 0 radical (unpaired) electrons. The van der Waals surface area contributed by atoms with E-state index in [1.807, 2.05) is 0 Å². The number of halogens is 3. The first-order valence-corrected chi connectivity index (χ1v) is 6.68. The van der Waals surface area contributed by atoms with Gasteiger partial charge in [0.15, 0.2) is 22.1 Å². The van der Waals surface area contributed by atoms with E-state index >= 15 is 0 Å². The summed E-state index contributed by atoms with van der Waals surface area (Å²) in [6, 6.07) is 5.79. The highest BCUT2D eigenvalue weighted by Gasteiger charge is 2.16. The Morgan fingerprint density at radius 2 is 1.91 bits per heavy atom. The molecule has 0 aliphatic rings. The smallest absolute Gasteiger partial charge is 0.322 e. The second-order valence-electron chi connectivity index (χ2n) is 4.10. The van der Waals surface area contributed by atoms with Crippen LogP contribution in [0.3, 0.4) is 0 Å². The normalized spacial score (nSPS) is 10.7. The van der Waals surface area contributed by atoms with Crippen molar-refractivity contribution in [2.75, 3.05) is 5.32 Å². The van der Waals surface area contributed by atoms with Crippen molar-refractivity contribution in [1.29, 1.82) is 0 Å². The van der Waals surface area contributed by atoms with Crippen molar-refractivity contribution >= 4 is 27.9 Å². The number of aromatic nitrogens is 2. The molecule has 0 spiro atoms. The number of nitrogens with zero attached hydrogens (tertiary/aromatic N) is 2. The van der Waals surface area contributed by atoms with Gasteiger partial charge in [-0.3, -0.25) is 10.1 Å². The third-order valence-electron chi connectivity index (χ3n) is 2.61. The van der Waals surface area contributed by atoms with E-state index in [0.29, 0.717) is 10.4 Å². The van der Waals surface area contributed by atoms with E-state index in [9.17, 15) is 13.6 Å². The molecule has 1 aromatic carbocycles. The second kappa shape index (κ2) is 5.68. The van der Waals surface area contributed by atoms with Gasteiger partial charge >= 0.3 is 6.01 Å². The van der Waals surface area contributed by atoms with Gasteiger partial charge in [0.2, 0.25) is 0 Å². The maximum Gasteiger partial charge on any atom is 0.322 e. The van der Waals surface area contributed by atoms with Gasteiger partial charge in [0, 0.05) is 5.56 Å². The molecule has 0 bridgehead atoms. The number of hydrogen-bond donors (Lipinski definition) is 1. The molecule has 0 fully saturated rings. The van der Waals surface area contributed by atoms with Crippen molar-refractivity contribution in [2.45, 2.75) is 0 Å². The lowest BCUT2D eigenvalue weighted by molar-refractivity contribution is 0.102. The molecule has 2 heterocycles. The van der Waals surface area contributed by atoms with E-state index in [-0.39, 0.29) is 17.5 Å². The Balaban J connectivity index is 1.77. The largest absolute Gasteiger partial charge is 0.444 e. The van der Waals surface area contributed by atoms with Gasteiger partial charge in [0.05, 0.1) is 0 Å². The maximum absolute atomic E-state index is 13.1. The summed E-state index contributed by atoms with van der Waals surface area (Å²) in [5.41, 5.74) is -0.0839. The number of benzene rings is 1. The summed E-state index contributed by atoms with van der Waals surface area (Å²) in [5.74, 6) is -2.51. The predicted molar refractivity (Wildman–Crippen MR) is 74.0 cm³/mol. The first-order chi connectivity index (χ1) is 10.5. The second-order valence-corrected chi connectivity index (χ2v) is 4.88. The van der Waals surface area contributed by atoms with Crippen molar-refractivity contribution < 1.29 is 22.4 Å². The molecule has 0 unspecified atom stereocenters. The molecule has 0 saturated carbocycles. The fraction of sp³-hybridized carbons (Fsp3) is 0. The van der Waals surface area contributed by atoms with E-state index in [4.69, 9.17) is 8.83 Å². The lowest BCUT2D eigenvalue weighted by atomic mass is 10.2. The van der Waals surface area contributed by atoms with Gasteiger partial charge < -0.3 is 8.83 Å². The van der Waals surface area contributed by atoms with Crippen LogP contribution in [0.5, 0.6) is 0 Å². The number of nitrogens with one attached hydrogen (secondary N) is 1. The third kappa shape index (κ3) is 2.89. The molecule has 3 rings (SSSR count). The van der Waals surface area contributed by atoms with Crippen molar-refractivity contribution in [2.24, 2.45) is 0 Å². The van der Waals surface area contributed by atoms with E-state index in [0.717, 1.165) is 18.2 Å². The lowest BCUT2D eigenvalue weighted by Crippen LogP contribution is -2.12. The number of furan rings is 1. The quantitative estimate of drug-likeness (QED) is 0.762. The topological polar surface area (TPSA) is 81.2 Å². The number of carbonyl (C=O) groups excluding carboxylic acids is 1. The van der Waals surface area contributed by atoms with E-state index in [2.05, 4.69) is 31.4 Å². The van der Waals surface area contributed by atoms with Crippen LogP contribution in [-0.2, 0) is 0 Å². The van der Waals surface area contributed by atoms with Gasteiger partial charge in [-0.1, -0.05) is 5.10 Å². The molecule has 2 aromatic heterocycles. The summed E-state index contributed by atoms with van der Waals surface area (Å²) < 4.78 is 36.8. The Hall–Kier alpha value is -2.55. The highest BCUT2D eigenvalue weighted by atomic mass is 79.9. The number of amides is 1. The van der Waals surface area contributed by atoms with Crippen LogP contribution in [-0.4, -0.2) is 16.1 Å². The number of anilines is 1. The molecule has 112 valence electrons. The summed E-state index contributed by atoms with van der Waals surface area (Å²) in [6.07, 6.45) is 0. The van der Waals surface area contributed by atoms with Crippen LogP contribution in [0, 0.1) is 11.6 Å². The summed E-state index contributed by atoms with van der Waals surface area (Å²) in [5, 5.41) is 9.59. The van der Waals surface area contributed by atoms with Crippen LogP contribution in [0.4, 0.5) is 14.8 Å². The fourth-order valence-corrected chi connectivity index (χ4v) is 1.92. The van der Waals surface area contributed by atoms with E-state index in [1.54, 1.807) is 12.1 Å². The minimum absolute atomic E-state index is 0.0614. The van der Waals surface area contributed by atoms with Gasteiger partial charge in [-0.25, -0.2) is 8.78 Å². The first kappa shape index (κ1) is 14.4. The monoisotopic (exact) mass is 369 g/mol. The Morgan fingerprint density at radius 1 is 1.09 bits per heavy atom. The SMILES string of the molecule is O=C(Nc1nnc(-c2ccc(Br)o2)o1)c1ccc(F)c(F)c1. The van der Waals surface area contributed by atoms with Gasteiger partial charge in [0.25, 0.3) is 11.8 Å². The first-order valence-electron chi connectivity index (χ1n) is 5.88. The van der Waals surface area contributed by atoms with E-state index in [1.165, 1.54) is 0 Å². The Bertz CT molecular complexity index is 847. The molecule has 3 aromatic rings. The minimum Gasteiger partial charge on any atom is -0.444 e. The highest BCUT2D eigenvalue weighted by Crippen LogP contribution is 2.25. The standard InChI is InChI=1S/C13H6BrF2N3O3/c14-10-4-3-9(21-10)12-18-19-13(22-12)17-11(20)6-1-2-7(15)8(16)5-6/h1-5H,(H,17,19,20). The zero-order chi connectivity index (χ0) is 15.7. The van der Waals surface area contributed by atoms with Crippen LogP contribution in [0.25, 0.3) is 11.7 Å². The average Bonchev–Trinajstić information content (AvgIpc) is 3.10. The Morgan fingerprint density at radius 3 is 2.59 bits per heavy atom. The molecule has 0 saturated heterocycles. The zero-order valence-corrected chi connectivity index (χ0v) is 12.2. The molecule has 0 atom stereocenters. The van der Waals surface area contributed by atoms with E-state index < -0.39 is 17.5 Å². The van der Waals surface area contributed by atoms with Crippen molar-refractivity contribution in [1.82, 2.24) is 10.2 Å². The number of hydrogen-bond acceptors (Lipinski definition) is 5. The lowest BCUT2D eigenvalue weighted by Gasteiger charge is -2.00. The Labute approximate surface area is 130 Å². The molecule has 1 N–H and O–H groups in total. The summed E-state index contributed by atoms with van der Waals surface area (Å²) >= 11 is 3.13. The highest BCUT2D eigenvalue weighted by molar-refractivity contribution is 9.10. The van der Waals surface area contributed by atoms with Gasteiger partial charge in [-0.15, -0.1) is 5.10 Å². The summed E-state index contributed by atoms with van der Waals surface area (Å²) in [4.78, 5) is 11.9. The zero-order valence-electron chi connectivity index (χ0n) is 10.6. The van der Waals surface area contributed by atoms with Crippen molar-refractivity contribution in [3.05, 3.63) is 52.2 Å². The predicted octanol–water partition coefficient (Wildman–Crippen LogP) is 3.62. The van der Waals surface area contributed by atoms with Crippen molar-refractivity contribution in [3.63, 3.8) is 0 Å². The van der Waals surface area contributed by atoms with Gasteiger partial charge in [-0.2, -0.15) is 0 Å².